The lowest BCUT2D eigenvalue weighted by Gasteiger charge is -2.13. The van der Waals surface area contributed by atoms with Crippen LogP contribution in [0.3, 0.4) is 0 Å². The van der Waals surface area contributed by atoms with Crippen LogP contribution in [0.2, 0.25) is 0 Å². The molecular formula is C22H20FN7O3. The van der Waals surface area contributed by atoms with E-state index in [0.29, 0.717) is 34.2 Å². The fraction of sp³-hybridized carbons (Fsp3) is 0.227. The molecule has 0 atom stereocenters. The SMILES string of the molecule is COCc1cc2ncc3c(c2cc1-c1cn(C)nn1)n(-c1c(F)cncc1OC)c(=O)n3C. The summed E-state index contributed by atoms with van der Waals surface area (Å²) in [6.07, 6.45) is 5.81. The number of aryl methyl sites for hydroxylation is 2. The Morgan fingerprint density at radius 2 is 1.94 bits per heavy atom. The molecule has 0 amide bonds. The Bertz CT molecular complexity index is 1590. The van der Waals surface area contributed by atoms with Gasteiger partial charge in [0.25, 0.3) is 0 Å². The van der Waals surface area contributed by atoms with Crippen molar-refractivity contribution in [1.82, 2.24) is 34.1 Å². The Morgan fingerprint density at radius 3 is 2.64 bits per heavy atom. The summed E-state index contributed by atoms with van der Waals surface area (Å²) in [5.41, 5.74) is 3.46. The van der Waals surface area contributed by atoms with Crippen LogP contribution >= 0.6 is 0 Å². The molecule has 168 valence electrons. The number of aromatic nitrogens is 7. The summed E-state index contributed by atoms with van der Waals surface area (Å²) in [6.45, 7) is 0.329. The molecule has 0 radical (unpaired) electrons. The quantitative estimate of drug-likeness (QED) is 0.406. The second kappa shape index (κ2) is 7.78. The number of benzene rings is 1. The lowest BCUT2D eigenvalue weighted by atomic mass is 10.0. The number of hydrogen-bond donors (Lipinski definition) is 0. The predicted octanol–water partition coefficient (Wildman–Crippen LogP) is 2.36. The van der Waals surface area contributed by atoms with E-state index >= 15 is 0 Å². The van der Waals surface area contributed by atoms with E-state index in [4.69, 9.17) is 9.47 Å². The number of pyridine rings is 2. The Kier molecular flexibility index (Phi) is 4.90. The van der Waals surface area contributed by atoms with E-state index in [1.54, 1.807) is 38.3 Å². The molecule has 0 saturated carbocycles. The molecule has 0 aliphatic heterocycles. The van der Waals surface area contributed by atoms with Gasteiger partial charge in [0.1, 0.15) is 11.4 Å². The molecule has 33 heavy (non-hydrogen) atoms. The first-order valence-corrected chi connectivity index (χ1v) is 10.0. The first-order chi connectivity index (χ1) is 15.9. The minimum Gasteiger partial charge on any atom is -0.493 e. The van der Waals surface area contributed by atoms with Gasteiger partial charge >= 0.3 is 5.69 Å². The number of rotatable bonds is 5. The second-order valence-electron chi connectivity index (χ2n) is 7.58. The summed E-state index contributed by atoms with van der Waals surface area (Å²) in [5.74, 6) is -0.543. The van der Waals surface area contributed by atoms with Gasteiger partial charge < -0.3 is 9.47 Å². The van der Waals surface area contributed by atoms with Crippen molar-refractivity contribution in [2.24, 2.45) is 14.1 Å². The Morgan fingerprint density at radius 1 is 1.12 bits per heavy atom. The maximum atomic E-state index is 15.0. The lowest BCUT2D eigenvalue weighted by molar-refractivity contribution is 0.185. The van der Waals surface area contributed by atoms with Gasteiger partial charge in [0.05, 0.1) is 55.1 Å². The standard InChI is InChI=1S/C22H20FN7O3/c1-28-10-17(26-27-28)13-6-14-16(5-12(13)11-32-3)25-8-18-20(14)30(22(31)29(18)2)21-15(23)7-24-9-19(21)33-4/h5-10H,11H2,1-4H3. The summed E-state index contributed by atoms with van der Waals surface area (Å²) in [5, 5.41) is 8.91. The molecule has 0 fully saturated rings. The van der Waals surface area contributed by atoms with Crippen molar-refractivity contribution < 1.29 is 13.9 Å². The minimum atomic E-state index is -0.681. The average Bonchev–Trinajstić information content (AvgIpc) is 3.35. The van der Waals surface area contributed by atoms with Gasteiger partial charge in [-0.15, -0.1) is 5.10 Å². The van der Waals surface area contributed by atoms with E-state index in [2.05, 4.69) is 20.3 Å². The number of ether oxygens (including phenoxy) is 2. The second-order valence-corrected chi connectivity index (χ2v) is 7.58. The number of fused-ring (bicyclic) bond motifs is 3. The summed E-state index contributed by atoms with van der Waals surface area (Å²) in [4.78, 5) is 21.7. The molecule has 11 heteroatoms. The molecule has 4 heterocycles. The molecule has 10 nitrogen and oxygen atoms in total. The summed E-state index contributed by atoms with van der Waals surface area (Å²) >= 11 is 0. The van der Waals surface area contributed by atoms with Crippen LogP contribution in [0.4, 0.5) is 4.39 Å². The van der Waals surface area contributed by atoms with Crippen LogP contribution in [0.15, 0.2) is 41.7 Å². The highest BCUT2D eigenvalue weighted by Gasteiger charge is 2.23. The zero-order valence-corrected chi connectivity index (χ0v) is 18.4. The minimum absolute atomic E-state index is 0.0161. The van der Waals surface area contributed by atoms with Crippen molar-refractivity contribution in [3.05, 3.63) is 58.8 Å². The Labute approximate surface area is 186 Å². The van der Waals surface area contributed by atoms with Crippen LogP contribution in [-0.2, 0) is 25.4 Å². The number of methoxy groups -OCH3 is 2. The largest absolute Gasteiger partial charge is 0.493 e. The van der Waals surface area contributed by atoms with Gasteiger partial charge in [-0.05, 0) is 17.7 Å². The van der Waals surface area contributed by atoms with E-state index in [0.717, 1.165) is 17.3 Å². The third-order valence-corrected chi connectivity index (χ3v) is 5.57. The molecule has 1 aromatic carbocycles. The predicted molar refractivity (Wildman–Crippen MR) is 119 cm³/mol. The van der Waals surface area contributed by atoms with Crippen LogP contribution in [-0.4, -0.2) is 48.3 Å². The van der Waals surface area contributed by atoms with E-state index < -0.39 is 11.5 Å². The summed E-state index contributed by atoms with van der Waals surface area (Å²) in [7, 11) is 6.40. The van der Waals surface area contributed by atoms with E-state index in [1.807, 2.05) is 12.1 Å². The van der Waals surface area contributed by atoms with Crippen molar-refractivity contribution in [3.8, 4) is 22.7 Å². The topological polar surface area (TPSA) is 102 Å². The van der Waals surface area contributed by atoms with Gasteiger partial charge in [-0.25, -0.2) is 9.18 Å². The van der Waals surface area contributed by atoms with E-state index in [1.165, 1.54) is 22.4 Å². The fourth-order valence-corrected chi connectivity index (χ4v) is 4.06. The lowest BCUT2D eigenvalue weighted by Crippen LogP contribution is -2.22. The van der Waals surface area contributed by atoms with Crippen LogP contribution < -0.4 is 10.4 Å². The number of nitrogens with zero attached hydrogens (tertiary/aromatic N) is 7. The zero-order valence-electron chi connectivity index (χ0n) is 18.4. The molecule has 5 aromatic rings. The molecule has 5 rings (SSSR count). The van der Waals surface area contributed by atoms with Crippen molar-refractivity contribution >= 4 is 21.9 Å². The van der Waals surface area contributed by atoms with E-state index in [-0.39, 0.29) is 11.4 Å². The maximum absolute atomic E-state index is 15.0. The molecule has 0 saturated heterocycles. The van der Waals surface area contributed by atoms with Crippen molar-refractivity contribution in [3.63, 3.8) is 0 Å². The van der Waals surface area contributed by atoms with Gasteiger partial charge in [0.2, 0.25) is 0 Å². The number of hydrogen-bond acceptors (Lipinski definition) is 7. The Balaban J connectivity index is 1.94. The molecular weight excluding hydrogens is 429 g/mol. The molecule has 0 spiro atoms. The highest BCUT2D eigenvalue weighted by molar-refractivity contribution is 6.05. The first kappa shape index (κ1) is 20.8. The van der Waals surface area contributed by atoms with Gasteiger partial charge in [-0.3, -0.25) is 23.8 Å². The van der Waals surface area contributed by atoms with Crippen LogP contribution in [0.25, 0.3) is 38.9 Å². The van der Waals surface area contributed by atoms with Crippen LogP contribution in [0.5, 0.6) is 5.75 Å². The third-order valence-electron chi connectivity index (χ3n) is 5.57. The zero-order chi connectivity index (χ0) is 23.3. The van der Waals surface area contributed by atoms with Crippen molar-refractivity contribution in [1.29, 1.82) is 0 Å². The van der Waals surface area contributed by atoms with Crippen LogP contribution in [0, 0.1) is 5.82 Å². The van der Waals surface area contributed by atoms with Crippen LogP contribution in [0.1, 0.15) is 5.56 Å². The maximum Gasteiger partial charge on any atom is 0.333 e. The van der Waals surface area contributed by atoms with Gasteiger partial charge in [-0.2, -0.15) is 0 Å². The molecule has 4 aromatic heterocycles. The summed E-state index contributed by atoms with van der Waals surface area (Å²) in [6, 6.07) is 3.76. The van der Waals surface area contributed by atoms with Crippen molar-refractivity contribution in [2.75, 3.05) is 14.2 Å². The smallest absolute Gasteiger partial charge is 0.333 e. The van der Waals surface area contributed by atoms with Gasteiger partial charge in [0, 0.05) is 32.2 Å². The van der Waals surface area contributed by atoms with Gasteiger partial charge in [0.15, 0.2) is 11.6 Å². The molecule has 0 aliphatic carbocycles. The van der Waals surface area contributed by atoms with E-state index in [9.17, 15) is 9.18 Å². The summed E-state index contributed by atoms with van der Waals surface area (Å²) < 4.78 is 30.0. The molecule has 0 N–H and O–H groups in total. The fourth-order valence-electron chi connectivity index (χ4n) is 4.06. The third kappa shape index (κ3) is 3.16. The molecule has 0 unspecified atom stereocenters. The molecule has 0 aliphatic rings. The Hall–Kier alpha value is -4.12. The monoisotopic (exact) mass is 449 g/mol. The number of halogens is 1. The molecule has 0 bridgehead atoms. The highest BCUT2D eigenvalue weighted by Crippen LogP contribution is 2.34. The highest BCUT2D eigenvalue weighted by atomic mass is 19.1. The van der Waals surface area contributed by atoms with Gasteiger partial charge in [-0.1, -0.05) is 5.21 Å². The first-order valence-electron chi connectivity index (χ1n) is 10.0. The normalized spacial score (nSPS) is 11.5. The number of imidazole rings is 1. The average molecular weight is 449 g/mol. The van der Waals surface area contributed by atoms with Crippen molar-refractivity contribution in [2.45, 2.75) is 6.61 Å².